The molecule has 1 aliphatic carbocycles. The Labute approximate surface area is 138 Å². The van der Waals surface area contributed by atoms with Crippen LogP contribution in [0.5, 0.6) is 0 Å². The maximum absolute atomic E-state index is 12.5. The van der Waals surface area contributed by atoms with Crippen molar-refractivity contribution in [2.75, 3.05) is 0 Å². The Hall–Kier alpha value is -2.33. The van der Waals surface area contributed by atoms with Gasteiger partial charge in [0, 0.05) is 24.5 Å². The molecular formula is C14H16N6O3S. The third-order valence-corrected chi connectivity index (χ3v) is 5.36. The number of aryl methyl sites for hydroxylation is 2. The average molecular weight is 348 g/mol. The van der Waals surface area contributed by atoms with Gasteiger partial charge in [-0.15, -0.1) is 0 Å². The molecule has 1 saturated carbocycles. The predicted molar refractivity (Wildman–Crippen MR) is 83.5 cm³/mol. The lowest BCUT2D eigenvalue weighted by Gasteiger charge is -2.04. The monoisotopic (exact) mass is 348 g/mol. The summed E-state index contributed by atoms with van der Waals surface area (Å²) in [5, 5.41) is 8.80. The SMILES string of the molecule is Cc1nn(C)c2ncc(S(=O)(=O)NCc3nc(C4CC4)no3)cc12. The second-order valence-corrected chi connectivity index (χ2v) is 7.66. The Bertz CT molecular complexity index is 1020. The second kappa shape index (κ2) is 5.35. The van der Waals surface area contributed by atoms with Crippen molar-refractivity contribution in [3.63, 3.8) is 0 Å². The van der Waals surface area contributed by atoms with Crippen LogP contribution in [0.25, 0.3) is 11.0 Å². The molecule has 3 aromatic heterocycles. The third kappa shape index (κ3) is 2.67. The number of pyridine rings is 1. The summed E-state index contributed by atoms with van der Waals surface area (Å²) in [6.45, 7) is 1.76. The lowest BCUT2D eigenvalue weighted by molar-refractivity contribution is 0.370. The number of sulfonamides is 1. The molecule has 3 heterocycles. The predicted octanol–water partition coefficient (Wildman–Crippen LogP) is 1.02. The fourth-order valence-corrected chi connectivity index (χ4v) is 3.47. The second-order valence-electron chi connectivity index (χ2n) is 5.90. The van der Waals surface area contributed by atoms with Crippen LogP contribution < -0.4 is 4.72 Å². The minimum Gasteiger partial charge on any atom is -0.338 e. The van der Waals surface area contributed by atoms with Gasteiger partial charge in [0.05, 0.1) is 12.2 Å². The molecule has 0 aliphatic heterocycles. The fraction of sp³-hybridized carbons (Fsp3) is 0.429. The Morgan fingerprint density at radius 3 is 2.96 bits per heavy atom. The topological polar surface area (TPSA) is 116 Å². The van der Waals surface area contributed by atoms with Crippen LogP contribution in [-0.2, 0) is 23.6 Å². The van der Waals surface area contributed by atoms with Gasteiger partial charge >= 0.3 is 0 Å². The molecule has 24 heavy (non-hydrogen) atoms. The molecular weight excluding hydrogens is 332 g/mol. The van der Waals surface area contributed by atoms with E-state index in [4.69, 9.17) is 4.52 Å². The van der Waals surface area contributed by atoms with Crippen LogP contribution in [0.2, 0.25) is 0 Å². The van der Waals surface area contributed by atoms with Crippen molar-refractivity contribution in [2.24, 2.45) is 7.05 Å². The Morgan fingerprint density at radius 1 is 1.42 bits per heavy atom. The summed E-state index contributed by atoms with van der Waals surface area (Å²) in [7, 11) is -1.96. The first-order chi connectivity index (χ1) is 11.4. The van der Waals surface area contributed by atoms with E-state index in [1.807, 2.05) is 6.92 Å². The molecule has 3 aromatic rings. The summed E-state index contributed by atoms with van der Waals surface area (Å²) in [5.74, 6) is 1.27. The van der Waals surface area contributed by atoms with Crippen molar-refractivity contribution >= 4 is 21.1 Å². The third-order valence-electron chi connectivity index (χ3n) is 3.99. The van der Waals surface area contributed by atoms with Crippen molar-refractivity contribution in [1.29, 1.82) is 0 Å². The number of nitrogens with one attached hydrogen (secondary N) is 1. The largest absolute Gasteiger partial charge is 0.338 e. The van der Waals surface area contributed by atoms with Crippen LogP contribution in [-0.4, -0.2) is 33.3 Å². The summed E-state index contributed by atoms with van der Waals surface area (Å²) >= 11 is 0. The fourth-order valence-electron chi connectivity index (χ4n) is 2.52. The zero-order valence-corrected chi connectivity index (χ0v) is 14.0. The Morgan fingerprint density at radius 2 is 2.21 bits per heavy atom. The summed E-state index contributed by atoms with van der Waals surface area (Å²) < 4.78 is 34.1. The van der Waals surface area contributed by atoms with E-state index in [1.54, 1.807) is 17.8 Å². The molecule has 0 unspecified atom stereocenters. The molecule has 1 aliphatic rings. The van der Waals surface area contributed by atoms with Crippen LogP contribution in [0, 0.1) is 6.92 Å². The normalized spacial score (nSPS) is 15.2. The van der Waals surface area contributed by atoms with Gasteiger partial charge in [-0.2, -0.15) is 10.1 Å². The first-order valence-corrected chi connectivity index (χ1v) is 9.04. The molecule has 126 valence electrons. The van der Waals surface area contributed by atoms with Gasteiger partial charge in [-0.25, -0.2) is 18.1 Å². The van der Waals surface area contributed by atoms with Gasteiger partial charge in [-0.3, -0.25) is 4.68 Å². The smallest absolute Gasteiger partial charge is 0.242 e. The van der Waals surface area contributed by atoms with Crippen molar-refractivity contribution in [2.45, 2.75) is 37.1 Å². The van der Waals surface area contributed by atoms with Crippen molar-refractivity contribution < 1.29 is 12.9 Å². The summed E-state index contributed by atoms with van der Waals surface area (Å²) in [6.07, 6.45) is 3.43. The van der Waals surface area contributed by atoms with E-state index in [9.17, 15) is 8.42 Å². The number of fused-ring (bicyclic) bond motifs is 1. The summed E-state index contributed by atoms with van der Waals surface area (Å²) in [4.78, 5) is 8.47. The van der Waals surface area contributed by atoms with Crippen LogP contribution in [0.4, 0.5) is 0 Å². The maximum atomic E-state index is 12.5. The van der Waals surface area contributed by atoms with Crippen LogP contribution >= 0.6 is 0 Å². The van der Waals surface area contributed by atoms with Gasteiger partial charge in [0.25, 0.3) is 0 Å². The van der Waals surface area contributed by atoms with Crippen LogP contribution in [0.15, 0.2) is 21.7 Å². The molecule has 1 fully saturated rings. The molecule has 0 saturated heterocycles. The number of hydrogen-bond acceptors (Lipinski definition) is 7. The van der Waals surface area contributed by atoms with Gasteiger partial charge in [0.15, 0.2) is 11.5 Å². The van der Waals surface area contributed by atoms with Crippen molar-refractivity contribution in [3.8, 4) is 0 Å². The molecule has 4 rings (SSSR count). The zero-order valence-electron chi connectivity index (χ0n) is 13.2. The van der Waals surface area contributed by atoms with Gasteiger partial charge in [0.2, 0.25) is 15.9 Å². The van der Waals surface area contributed by atoms with E-state index >= 15 is 0 Å². The van der Waals surface area contributed by atoms with E-state index < -0.39 is 10.0 Å². The van der Waals surface area contributed by atoms with E-state index in [2.05, 4.69) is 24.9 Å². The van der Waals surface area contributed by atoms with Gasteiger partial charge < -0.3 is 4.52 Å². The lowest BCUT2D eigenvalue weighted by Crippen LogP contribution is -2.23. The molecule has 10 heteroatoms. The highest BCUT2D eigenvalue weighted by molar-refractivity contribution is 7.89. The Balaban J connectivity index is 1.56. The number of rotatable bonds is 5. The van der Waals surface area contributed by atoms with Crippen molar-refractivity contribution in [1.82, 2.24) is 29.6 Å². The van der Waals surface area contributed by atoms with Crippen LogP contribution in [0.3, 0.4) is 0 Å². The molecule has 0 atom stereocenters. The molecule has 0 aromatic carbocycles. The van der Waals surface area contributed by atoms with Gasteiger partial charge in [0.1, 0.15) is 4.90 Å². The molecule has 0 bridgehead atoms. The zero-order chi connectivity index (χ0) is 16.9. The minimum atomic E-state index is -3.73. The van der Waals surface area contributed by atoms with E-state index in [1.165, 1.54) is 6.20 Å². The first kappa shape index (κ1) is 15.2. The maximum Gasteiger partial charge on any atom is 0.242 e. The Kier molecular flexibility index (Phi) is 3.39. The lowest BCUT2D eigenvalue weighted by atomic mass is 10.3. The van der Waals surface area contributed by atoms with Gasteiger partial charge in [-0.05, 0) is 25.8 Å². The van der Waals surface area contributed by atoms with E-state index in [0.717, 1.165) is 18.5 Å². The number of aromatic nitrogens is 5. The molecule has 0 amide bonds. The average Bonchev–Trinajstić information content (AvgIpc) is 3.23. The molecule has 9 nitrogen and oxygen atoms in total. The molecule has 0 spiro atoms. The highest BCUT2D eigenvalue weighted by Gasteiger charge is 2.29. The minimum absolute atomic E-state index is 0.0495. The summed E-state index contributed by atoms with van der Waals surface area (Å²) in [5.41, 5.74) is 1.36. The standard InChI is InChI=1S/C14H16N6O3S/c1-8-11-5-10(6-15-14(11)20(2)18-8)24(21,22)16-7-12-17-13(19-23-12)9-3-4-9/h5-6,9,16H,3-4,7H2,1-2H3. The number of hydrogen-bond donors (Lipinski definition) is 1. The summed E-state index contributed by atoms with van der Waals surface area (Å²) in [6, 6.07) is 1.57. The first-order valence-electron chi connectivity index (χ1n) is 7.55. The van der Waals surface area contributed by atoms with Gasteiger partial charge in [-0.1, -0.05) is 5.16 Å². The van der Waals surface area contributed by atoms with E-state index in [-0.39, 0.29) is 17.3 Å². The van der Waals surface area contributed by atoms with Crippen molar-refractivity contribution in [3.05, 3.63) is 29.7 Å². The molecule has 0 radical (unpaired) electrons. The highest BCUT2D eigenvalue weighted by Crippen LogP contribution is 2.38. The highest BCUT2D eigenvalue weighted by atomic mass is 32.2. The molecule has 1 N–H and O–H groups in total. The quantitative estimate of drug-likeness (QED) is 0.731. The number of nitrogens with zero attached hydrogens (tertiary/aromatic N) is 5. The van der Waals surface area contributed by atoms with E-state index in [0.29, 0.717) is 22.8 Å². The van der Waals surface area contributed by atoms with Crippen LogP contribution in [0.1, 0.15) is 36.2 Å².